The second-order valence-corrected chi connectivity index (χ2v) is 7.26. The van der Waals surface area contributed by atoms with E-state index in [4.69, 9.17) is 6.42 Å². The van der Waals surface area contributed by atoms with Crippen LogP contribution in [0, 0.1) is 17.8 Å². The van der Waals surface area contributed by atoms with Gasteiger partial charge in [-0.25, -0.2) is 0 Å². The molecule has 2 saturated heterocycles. The summed E-state index contributed by atoms with van der Waals surface area (Å²) in [5, 5.41) is 8.23. The summed E-state index contributed by atoms with van der Waals surface area (Å²) in [5.74, 6) is 2.90. The third-order valence-corrected chi connectivity index (χ3v) is 5.63. The van der Waals surface area contributed by atoms with Gasteiger partial charge >= 0.3 is 0 Å². The van der Waals surface area contributed by atoms with E-state index >= 15 is 0 Å². The molecule has 0 radical (unpaired) electrons. The highest BCUT2D eigenvalue weighted by Gasteiger charge is 2.43. The molecule has 3 aliphatic heterocycles. The van der Waals surface area contributed by atoms with Crippen molar-refractivity contribution in [2.24, 2.45) is 15.6 Å². The van der Waals surface area contributed by atoms with E-state index in [-0.39, 0.29) is 11.6 Å². The van der Waals surface area contributed by atoms with Crippen molar-refractivity contribution in [2.75, 3.05) is 33.2 Å². The van der Waals surface area contributed by atoms with Crippen LogP contribution < -0.4 is 0 Å². The average Bonchev–Trinajstić information content (AvgIpc) is 3.19. The number of hydrogen-bond acceptors (Lipinski definition) is 4. The Bertz CT molecular complexity index is 493. The van der Waals surface area contributed by atoms with Crippen LogP contribution in [0.4, 0.5) is 0 Å². The molecule has 0 aromatic rings. The molecular weight excluding hydrogens is 276 g/mol. The molecule has 5 heteroatoms. The molecule has 3 aliphatic rings. The Hall–Kier alpha value is -1.41. The molecule has 0 saturated carbocycles. The molecule has 2 fully saturated rings. The van der Waals surface area contributed by atoms with Crippen LogP contribution in [0.15, 0.2) is 10.2 Å². The number of piperidine rings is 1. The first-order chi connectivity index (χ1) is 10.6. The largest absolute Gasteiger partial charge is 0.342 e. The summed E-state index contributed by atoms with van der Waals surface area (Å²) in [4.78, 5) is 16.9. The van der Waals surface area contributed by atoms with Gasteiger partial charge in [0.05, 0.1) is 0 Å². The molecule has 0 N–H and O–H groups in total. The van der Waals surface area contributed by atoms with E-state index in [1.54, 1.807) is 0 Å². The van der Waals surface area contributed by atoms with Crippen molar-refractivity contribution in [1.29, 1.82) is 0 Å². The first-order valence-corrected chi connectivity index (χ1v) is 8.40. The first-order valence-electron chi connectivity index (χ1n) is 8.40. The lowest BCUT2D eigenvalue weighted by Gasteiger charge is -2.37. The molecule has 3 rings (SSSR count). The van der Waals surface area contributed by atoms with Gasteiger partial charge in [-0.2, -0.15) is 10.2 Å². The van der Waals surface area contributed by atoms with Gasteiger partial charge in [-0.15, -0.1) is 12.3 Å². The van der Waals surface area contributed by atoms with E-state index in [1.165, 1.54) is 19.3 Å². The molecule has 120 valence electrons. The molecule has 5 nitrogen and oxygen atoms in total. The fourth-order valence-corrected chi connectivity index (χ4v) is 3.78. The van der Waals surface area contributed by atoms with Crippen molar-refractivity contribution in [3.05, 3.63) is 0 Å². The Morgan fingerprint density at radius 2 is 1.86 bits per heavy atom. The van der Waals surface area contributed by atoms with Crippen LogP contribution >= 0.6 is 0 Å². The zero-order valence-corrected chi connectivity index (χ0v) is 13.6. The van der Waals surface area contributed by atoms with E-state index < -0.39 is 0 Å². The minimum atomic E-state index is -0.326. The van der Waals surface area contributed by atoms with Crippen molar-refractivity contribution in [3.63, 3.8) is 0 Å². The maximum atomic E-state index is 12.5. The summed E-state index contributed by atoms with van der Waals surface area (Å²) >= 11 is 0. The van der Waals surface area contributed by atoms with Gasteiger partial charge in [0.1, 0.15) is 0 Å². The monoisotopic (exact) mass is 302 g/mol. The number of rotatable bonds is 5. The summed E-state index contributed by atoms with van der Waals surface area (Å²) in [7, 11) is 2.18. The van der Waals surface area contributed by atoms with E-state index in [0.717, 1.165) is 39.0 Å². The van der Waals surface area contributed by atoms with Crippen LogP contribution in [0.25, 0.3) is 0 Å². The molecule has 1 amide bonds. The molecular formula is C17H26N4O. The number of amides is 1. The number of carbonyl (C=O) groups excluding carboxylic acids is 1. The number of hydrogen-bond donors (Lipinski definition) is 0. The Morgan fingerprint density at radius 1 is 1.18 bits per heavy atom. The highest BCUT2D eigenvalue weighted by atomic mass is 16.2. The van der Waals surface area contributed by atoms with Gasteiger partial charge in [0.15, 0.2) is 5.66 Å². The second-order valence-electron chi connectivity index (χ2n) is 7.26. The predicted octanol–water partition coefficient (Wildman–Crippen LogP) is 2.29. The van der Waals surface area contributed by atoms with Gasteiger partial charge in [-0.05, 0) is 44.8 Å². The lowest BCUT2D eigenvalue weighted by molar-refractivity contribution is -0.131. The highest BCUT2D eigenvalue weighted by molar-refractivity contribution is 5.76. The molecule has 0 unspecified atom stereocenters. The van der Waals surface area contributed by atoms with E-state index in [0.29, 0.717) is 18.3 Å². The van der Waals surface area contributed by atoms with Crippen LogP contribution in [0.5, 0.6) is 0 Å². The number of likely N-dealkylation sites (tertiary alicyclic amines) is 2. The first kappa shape index (κ1) is 15.5. The maximum Gasteiger partial charge on any atom is 0.222 e. The second kappa shape index (κ2) is 6.00. The zero-order valence-electron chi connectivity index (χ0n) is 13.6. The van der Waals surface area contributed by atoms with Crippen molar-refractivity contribution < 1.29 is 4.79 Å². The van der Waals surface area contributed by atoms with E-state index in [9.17, 15) is 4.79 Å². The number of carbonyl (C=O) groups is 1. The van der Waals surface area contributed by atoms with Gasteiger partial charge < -0.3 is 9.80 Å². The number of nitrogens with zero attached hydrogens (tertiary/aromatic N) is 4. The van der Waals surface area contributed by atoms with Crippen LogP contribution in [0.1, 0.15) is 44.9 Å². The minimum absolute atomic E-state index is 0.271. The minimum Gasteiger partial charge on any atom is -0.342 e. The summed E-state index contributed by atoms with van der Waals surface area (Å²) < 4.78 is 0. The molecule has 0 aromatic heterocycles. The van der Waals surface area contributed by atoms with Crippen LogP contribution in [0.3, 0.4) is 0 Å². The zero-order chi connectivity index (χ0) is 15.6. The van der Waals surface area contributed by atoms with Crippen LogP contribution in [-0.4, -0.2) is 54.6 Å². The maximum absolute atomic E-state index is 12.5. The van der Waals surface area contributed by atoms with Crippen molar-refractivity contribution in [2.45, 2.75) is 50.6 Å². The molecule has 0 aliphatic carbocycles. The smallest absolute Gasteiger partial charge is 0.222 e. The topological polar surface area (TPSA) is 48.3 Å². The summed E-state index contributed by atoms with van der Waals surface area (Å²) in [6.07, 6.45) is 11.7. The normalized spacial score (nSPS) is 25.4. The Morgan fingerprint density at radius 3 is 2.50 bits per heavy atom. The molecule has 1 spiro atoms. The molecule has 3 heterocycles. The fraction of sp³-hybridized carbons (Fsp3) is 0.824. The highest BCUT2D eigenvalue weighted by Crippen LogP contribution is 2.41. The van der Waals surface area contributed by atoms with Crippen LogP contribution in [-0.2, 0) is 4.79 Å². The lowest BCUT2D eigenvalue weighted by Crippen LogP contribution is -2.40. The standard InChI is InChI=1S/C17H26N4O/c1-3-4-6-17(18-19-17)7-5-15(22)21-13-10-16(14-21)8-11-20(2)12-9-16/h1H,4-14H2,2H3. The third-order valence-electron chi connectivity index (χ3n) is 5.63. The van der Waals surface area contributed by atoms with Crippen molar-refractivity contribution >= 4 is 5.91 Å². The van der Waals surface area contributed by atoms with E-state index in [1.807, 2.05) is 0 Å². The SMILES string of the molecule is C#CCCC1(CCC(=O)N2CCC3(CCN(C)CC3)C2)N=N1. The number of terminal acetylenes is 1. The molecule has 0 atom stereocenters. The van der Waals surface area contributed by atoms with Crippen LogP contribution in [0.2, 0.25) is 0 Å². The van der Waals surface area contributed by atoms with Crippen molar-refractivity contribution in [3.8, 4) is 12.3 Å². The Labute approximate surface area is 133 Å². The van der Waals surface area contributed by atoms with Crippen molar-refractivity contribution in [1.82, 2.24) is 9.80 Å². The Balaban J connectivity index is 1.45. The molecule has 0 bridgehead atoms. The van der Waals surface area contributed by atoms with Gasteiger partial charge in [0.2, 0.25) is 5.91 Å². The average molecular weight is 302 g/mol. The van der Waals surface area contributed by atoms with Gasteiger partial charge in [-0.1, -0.05) is 0 Å². The molecule has 0 aromatic carbocycles. The fourth-order valence-electron chi connectivity index (χ4n) is 3.78. The molecule has 22 heavy (non-hydrogen) atoms. The third kappa shape index (κ3) is 3.33. The summed E-state index contributed by atoms with van der Waals surface area (Å²) in [6.45, 7) is 4.20. The van der Waals surface area contributed by atoms with Gasteiger partial charge in [0, 0.05) is 38.8 Å². The quantitative estimate of drug-likeness (QED) is 0.732. The lowest BCUT2D eigenvalue weighted by atomic mass is 9.78. The Kier molecular flexibility index (Phi) is 4.22. The summed E-state index contributed by atoms with van der Waals surface area (Å²) in [6, 6.07) is 0. The predicted molar refractivity (Wildman–Crippen MR) is 85.2 cm³/mol. The summed E-state index contributed by atoms with van der Waals surface area (Å²) in [5.41, 5.74) is 0.0602. The van der Waals surface area contributed by atoms with Gasteiger partial charge in [-0.3, -0.25) is 4.79 Å². The van der Waals surface area contributed by atoms with E-state index in [2.05, 4.69) is 33.0 Å². The van der Waals surface area contributed by atoms with Gasteiger partial charge in [0.25, 0.3) is 0 Å².